The second-order valence-corrected chi connectivity index (χ2v) is 16.0. The average Bonchev–Trinajstić information content (AvgIpc) is 3.70. The van der Waals surface area contributed by atoms with Gasteiger partial charge in [-0.1, -0.05) is 35.2 Å². The van der Waals surface area contributed by atoms with Crippen molar-refractivity contribution < 1.29 is 43.3 Å². The third-order valence-corrected chi connectivity index (χ3v) is 13.4. The van der Waals surface area contributed by atoms with Gasteiger partial charge in [-0.25, -0.2) is 9.59 Å². The van der Waals surface area contributed by atoms with E-state index in [0.717, 1.165) is 67.2 Å². The van der Waals surface area contributed by atoms with Crippen LogP contribution in [0.3, 0.4) is 0 Å². The molecule has 0 heterocycles. The molecule has 6 aliphatic carbocycles. The molecule has 15 heteroatoms. The van der Waals surface area contributed by atoms with Crippen LogP contribution in [-0.4, -0.2) is 53.4 Å². The molecule has 0 atom stereocenters. The van der Waals surface area contributed by atoms with E-state index in [-0.39, 0.29) is 46.1 Å². The van der Waals surface area contributed by atoms with E-state index < -0.39 is 32.6 Å². The van der Waals surface area contributed by atoms with Gasteiger partial charge >= 0.3 is 11.9 Å². The van der Waals surface area contributed by atoms with Crippen molar-refractivity contribution in [2.75, 3.05) is 20.0 Å². The number of nitro groups is 2. The van der Waals surface area contributed by atoms with Crippen molar-refractivity contribution in [3.05, 3.63) is 106 Å². The van der Waals surface area contributed by atoms with Crippen molar-refractivity contribution in [2.24, 2.45) is 0 Å². The van der Waals surface area contributed by atoms with E-state index in [4.69, 9.17) is 10.5 Å². The summed E-state index contributed by atoms with van der Waals surface area (Å²) in [5.74, 6) is -0.541. The number of esters is 2. The second-order valence-electron chi connectivity index (χ2n) is 15.2. The van der Waals surface area contributed by atoms with Crippen LogP contribution in [0.15, 0.2) is 40.9 Å². The Hall–Kier alpha value is -5.31. The topological polar surface area (TPSA) is 216 Å². The summed E-state index contributed by atoms with van der Waals surface area (Å²) in [6, 6.07) is 9.19. The summed E-state index contributed by atoms with van der Waals surface area (Å²) in [6.45, 7) is 0. The Balaban J connectivity index is 0.000000127. The first-order valence-electron chi connectivity index (χ1n) is 18.1. The van der Waals surface area contributed by atoms with Crippen molar-refractivity contribution in [3.8, 4) is 0 Å². The Morgan fingerprint density at radius 1 is 0.618 bits per heavy atom. The number of hydrogen-bond acceptors (Lipinski definition) is 12. The summed E-state index contributed by atoms with van der Waals surface area (Å²) >= 11 is 3.34. The molecule has 0 aromatic heterocycles. The summed E-state index contributed by atoms with van der Waals surface area (Å²) in [6.07, 6.45) is 8.79. The minimum atomic E-state index is -0.630. The van der Waals surface area contributed by atoms with E-state index in [0.29, 0.717) is 52.5 Å². The van der Waals surface area contributed by atoms with Crippen molar-refractivity contribution in [1.82, 2.24) is 0 Å². The first-order chi connectivity index (χ1) is 26.1. The van der Waals surface area contributed by atoms with Crippen LogP contribution >= 0.6 is 15.9 Å². The number of ether oxygens (including phenoxy) is 2. The fraction of sp³-hybridized carbons (Fsp3) is 0.425. The SMILES string of the molecule is COC(=O)c1cc(N)cc2c1CC(=O)C21CCC1.COC(=O)c1cc([N+](=O)[O-])cc2c1CC(=O)C21CCC1.O=C1Cc2c(Br)cc([N+](=O)[O-])cc2C12CCC2. The molecule has 3 aromatic rings. The lowest BCUT2D eigenvalue weighted by Crippen LogP contribution is -2.39. The summed E-state index contributed by atoms with van der Waals surface area (Å²) in [5.41, 5.74) is 10.4. The maximum absolute atomic E-state index is 12.3. The molecule has 0 radical (unpaired) electrons. The van der Waals surface area contributed by atoms with Gasteiger partial charge in [0.2, 0.25) is 0 Å². The number of rotatable bonds is 4. The number of carbonyl (C=O) groups is 5. The van der Waals surface area contributed by atoms with Crippen LogP contribution in [0, 0.1) is 20.2 Å². The molecule has 9 rings (SSSR count). The number of Topliss-reactive ketones (excluding diaryl/α,β-unsaturated/α-hetero) is 3. The molecule has 0 aliphatic heterocycles. The van der Waals surface area contributed by atoms with Crippen molar-refractivity contribution in [2.45, 2.75) is 93.3 Å². The van der Waals surface area contributed by atoms with Crippen molar-refractivity contribution >= 4 is 62.3 Å². The van der Waals surface area contributed by atoms with Gasteiger partial charge in [-0.2, -0.15) is 0 Å². The van der Waals surface area contributed by atoms with Gasteiger partial charge in [-0.05, 0) is 84.0 Å². The largest absolute Gasteiger partial charge is 0.465 e. The minimum absolute atomic E-state index is 0.0596. The van der Waals surface area contributed by atoms with E-state index in [1.54, 1.807) is 12.1 Å². The van der Waals surface area contributed by atoms with E-state index in [1.165, 1.54) is 32.4 Å². The van der Waals surface area contributed by atoms with E-state index in [1.807, 2.05) is 6.07 Å². The molecule has 0 unspecified atom stereocenters. The lowest BCUT2D eigenvalue weighted by Gasteiger charge is -2.37. The normalized spacial score (nSPS) is 19.4. The van der Waals surface area contributed by atoms with E-state index >= 15 is 0 Å². The van der Waals surface area contributed by atoms with Crippen LogP contribution in [0.4, 0.5) is 17.1 Å². The molecule has 3 spiro atoms. The van der Waals surface area contributed by atoms with Crippen LogP contribution < -0.4 is 5.73 Å². The number of fused-ring (bicyclic) bond motifs is 6. The lowest BCUT2D eigenvalue weighted by molar-refractivity contribution is -0.385. The van der Waals surface area contributed by atoms with Crippen molar-refractivity contribution in [3.63, 3.8) is 0 Å². The number of benzene rings is 3. The standard InChI is InChI=1S/C14H13NO5.C14H15NO3.C12H10BrNO3/c1-20-13(17)10-5-8(15(18)19)6-11-9(10)7-12(16)14(11)3-2-4-14;1-18-13(17)10-5-8(15)6-11-9(10)7-12(16)14(11)3-2-4-14;13-10-5-7(14(16)17)4-9-8(10)6-11(15)12(9)2-1-3-12/h5-6H,2-4,7H2,1H3;5-6H,2-4,7,15H2,1H3;4-5H,1-3,6H2. The molecule has 0 saturated heterocycles. The zero-order chi connectivity index (χ0) is 39.6. The first-order valence-corrected chi connectivity index (χ1v) is 18.9. The summed E-state index contributed by atoms with van der Waals surface area (Å²) < 4.78 is 10.1. The molecule has 55 heavy (non-hydrogen) atoms. The van der Waals surface area contributed by atoms with Crippen LogP contribution in [-0.2, 0) is 59.4 Å². The number of ketones is 3. The van der Waals surface area contributed by atoms with Gasteiger partial charge in [0.1, 0.15) is 17.3 Å². The van der Waals surface area contributed by atoms with Crippen LogP contribution in [0.25, 0.3) is 0 Å². The van der Waals surface area contributed by atoms with E-state index in [2.05, 4.69) is 20.7 Å². The van der Waals surface area contributed by atoms with Gasteiger partial charge in [0.15, 0.2) is 0 Å². The van der Waals surface area contributed by atoms with Gasteiger partial charge in [0.05, 0.1) is 51.4 Å². The number of nitro benzene ring substituents is 2. The molecule has 3 aromatic carbocycles. The summed E-state index contributed by atoms with van der Waals surface area (Å²) in [5, 5.41) is 21.9. The number of non-ortho nitro benzene ring substituents is 2. The number of nitrogens with zero attached hydrogens (tertiary/aromatic N) is 2. The zero-order valence-electron chi connectivity index (χ0n) is 30.3. The molecule has 0 bridgehead atoms. The number of nitrogens with two attached hydrogens (primary N) is 1. The average molecular weight is 817 g/mol. The molecular formula is C40H38BrN3O11. The minimum Gasteiger partial charge on any atom is -0.465 e. The van der Waals surface area contributed by atoms with Crippen molar-refractivity contribution in [1.29, 1.82) is 0 Å². The van der Waals surface area contributed by atoms with Gasteiger partial charge in [-0.15, -0.1) is 0 Å². The molecule has 14 nitrogen and oxygen atoms in total. The van der Waals surface area contributed by atoms with E-state index in [9.17, 15) is 44.2 Å². The monoisotopic (exact) mass is 815 g/mol. The van der Waals surface area contributed by atoms with Gasteiger partial charge in [0.25, 0.3) is 11.4 Å². The smallest absolute Gasteiger partial charge is 0.338 e. The highest BCUT2D eigenvalue weighted by atomic mass is 79.9. The highest BCUT2D eigenvalue weighted by Crippen LogP contribution is 2.54. The molecule has 286 valence electrons. The summed E-state index contributed by atoms with van der Waals surface area (Å²) in [4.78, 5) is 81.1. The Kier molecular flexibility index (Phi) is 9.51. The Morgan fingerprint density at radius 2 is 0.982 bits per heavy atom. The third kappa shape index (κ3) is 5.85. The molecule has 2 N–H and O–H groups in total. The zero-order valence-corrected chi connectivity index (χ0v) is 31.9. The Labute approximate surface area is 323 Å². The first kappa shape index (κ1) is 38.0. The van der Waals surface area contributed by atoms with Gasteiger partial charge in [0, 0.05) is 53.7 Å². The Morgan fingerprint density at radius 3 is 1.36 bits per heavy atom. The number of methoxy groups -OCH3 is 2. The predicted molar refractivity (Wildman–Crippen MR) is 200 cm³/mol. The fourth-order valence-corrected chi connectivity index (χ4v) is 9.87. The highest BCUT2D eigenvalue weighted by Gasteiger charge is 2.54. The number of nitrogen functional groups attached to an aromatic ring is 1. The summed E-state index contributed by atoms with van der Waals surface area (Å²) in [7, 11) is 2.57. The molecular weight excluding hydrogens is 778 g/mol. The molecule has 6 aliphatic rings. The third-order valence-electron chi connectivity index (χ3n) is 12.7. The van der Waals surface area contributed by atoms with Crippen LogP contribution in [0.1, 0.15) is 112 Å². The number of halogens is 1. The predicted octanol–water partition coefficient (Wildman–Crippen LogP) is 6.43. The van der Waals surface area contributed by atoms with Gasteiger partial charge in [-0.3, -0.25) is 34.6 Å². The second kappa shape index (κ2) is 13.8. The lowest BCUT2D eigenvalue weighted by atomic mass is 9.64. The highest BCUT2D eigenvalue weighted by molar-refractivity contribution is 9.10. The maximum atomic E-state index is 12.3. The van der Waals surface area contributed by atoms with Crippen LogP contribution in [0.2, 0.25) is 0 Å². The molecule has 3 fully saturated rings. The number of anilines is 1. The maximum Gasteiger partial charge on any atom is 0.338 e. The van der Waals surface area contributed by atoms with Crippen LogP contribution in [0.5, 0.6) is 0 Å². The number of hydrogen-bond donors (Lipinski definition) is 1. The number of carbonyl (C=O) groups excluding carboxylic acids is 5. The fourth-order valence-electron chi connectivity index (χ4n) is 9.29. The quantitative estimate of drug-likeness (QED) is 0.130. The molecule has 0 amide bonds. The van der Waals surface area contributed by atoms with Gasteiger partial charge < -0.3 is 15.2 Å². The molecule has 3 saturated carbocycles. The Bertz CT molecular complexity index is 2250.